The molecule has 2 aromatic rings. The fourth-order valence-corrected chi connectivity index (χ4v) is 7.07. The summed E-state index contributed by atoms with van der Waals surface area (Å²) in [6.45, 7) is 6.14. The third-order valence-corrected chi connectivity index (χ3v) is 9.21. The molecule has 1 N–H and O–H groups in total. The van der Waals surface area contributed by atoms with E-state index in [2.05, 4.69) is 22.1 Å². The molecule has 1 unspecified atom stereocenters. The number of benzene rings is 1. The van der Waals surface area contributed by atoms with Crippen molar-refractivity contribution in [2.75, 3.05) is 31.5 Å². The highest BCUT2D eigenvalue weighted by Crippen LogP contribution is 2.28. The second-order valence-electron chi connectivity index (χ2n) is 8.69. The number of sulfonamides is 1. The Morgan fingerprint density at radius 1 is 1.22 bits per heavy atom. The third-order valence-electron chi connectivity index (χ3n) is 6.03. The zero-order valence-corrected chi connectivity index (χ0v) is 20.6. The molecule has 1 amide bonds. The molecule has 2 aliphatic heterocycles. The molecule has 0 saturated carbocycles. The summed E-state index contributed by atoms with van der Waals surface area (Å²) in [5.74, 6) is 0.297. The summed E-state index contributed by atoms with van der Waals surface area (Å²) in [6.07, 6.45) is 5.16. The van der Waals surface area contributed by atoms with E-state index in [1.54, 1.807) is 0 Å². The minimum atomic E-state index is -3.74. The van der Waals surface area contributed by atoms with Crippen LogP contribution in [0, 0.1) is 5.92 Å². The summed E-state index contributed by atoms with van der Waals surface area (Å²) in [5, 5.41) is 5.39. The van der Waals surface area contributed by atoms with E-state index in [1.807, 2.05) is 5.38 Å². The first-order chi connectivity index (χ1) is 15.3. The van der Waals surface area contributed by atoms with E-state index in [0.717, 1.165) is 44.6 Å². The van der Waals surface area contributed by atoms with Gasteiger partial charge in [0, 0.05) is 37.1 Å². The normalized spacial score (nSPS) is 20.9. The first-order valence-corrected chi connectivity index (χ1v) is 13.8. The van der Waals surface area contributed by atoms with Gasteiger partial charge in [-0.05, 0) is 56.3 Å². The molecular weight excluding hydrogens is 468 g/mol. The van der Waals surface area contributed by atoms with Gasteiger partial charge in [0.05, 0.1) is 10.7 Å². The van der Waals surface area contributed by atoms with Gasteiger partial charge in [0.2, 0.25) is 10.0 Å². The molecule has 7 nitrogen and oxygen atoms in total. The van der Waals surface area contributed by atoms with Crippen LogP contribution >= 0.6 is 22.9 Å². The topological polar surface area (TPSA) is 82.6 Å². The maximum Gasteiger partial charge on any atom is 0.257 e. The van der Waals surface area contributed by atoms with Gasteiger partial charge in [-0.1, -0.05) is 24.9 Å². The second-order valence-corrected chi connectivity index (χ2v) is 11.9. The Balaban J connectivity index is 1.45. The zero-order valence-electron chi connectivity index (χ0n) is 18.2. The molecule has 2 aliphatic rings. The molecule has 1 atom stereocenters. The molecule has 1 aromatic carbocycles. The highest BCUT2D eigenvalue weighted by Gasteiger charge is 2.29. The molecule has 10 heteroatoms. The lowest BCUT2D eigenvalue weighted by Crippen LogP contribution is -2.35. The molecule has 0 spiro atoms. The molecule has 2 fully saturated rings. The Hall–Kier alpha value is -1.52. The Morgan fingerprint density at radius 3 is 2.75 bits per heavy atom. The van der Waals surface area contributed by atoms with Gasteiger partial charge in [-0.3, -0.25) is 15.0 Å². The van der Waals surface area contributed by atoms with Crippen molar-refractivity contribution in [3.63, 3.8) is 0 Å². The van der Waals surface area contributed by atoms with Crippen molar-refractivity contribution in [2.24, 2.45) is 5.92 Å². The number of halogens is 1. The third kappa shape index (κ3) is 5.51. The lowest BCUT2D eigenvalue weighted by molar-refractivity contribution is 0.102. The summed E-state index contributed by atoms with van der Waals surface area (Å²) < 4.78 is 27.6. The van der Waals surface area contributed by atoms with Crippen molar-refractivity contribution >= 4 is 44.0 Å². The molecule has 174 valence electrons. The number of amides is 1. The van der Waals surface area contributed by atoms with Gasteiger partial charge in [-0.15, -0.1) is 11.3 Å². The monoisotopic (exact) mass is 496 g/mol. The van der Waals surface area contributed by atoms with E-state index in [4.69, 9.17) is 11.6 Å². The molecule has 1 aromatic heterocycles. The van der Waals surface area contributed by atoms with Crippen LogP contribution in [0.15, 0.2) is 28.5 Å². The molecule has 0 aliphatic carbocycles. The van der Waals surface area contributed by atoms with Crippen molar-refractivity contribution in [3.8, 4) is 0 Å². The van der Waals surface area contributed by atoms with Crippen LogP contribution in [-0.2, 0) is 16.6 Å². The summed E-state index contributed by atoms with van der Waals surface area (Å²) >= 11 is 7.59. The number of thiazole rings is 1. The molecule has 2 saturated heterocycles. The van der Waals surface area contributed by atoms with Crippen molar-refractivity contribution in [1.82, 2.24) is 14.2 Å². The van der Waals surface area contributed by atoms with E-state index in [1.165, 1.54) is 46.7 Å². The summed E-state index contributed by atoms with van der Waals surface area (Å²) in [5.41, 5.74) is 1.18. The van der Waals surface area contributed by atoms with Crippen LogP contribution in [0.2, 0.25) is 5.02 Å². The highest BCUT2D eigenvalue weighted by atomic mass is 35.5. The predicted octanol–water partition coefficient (Wildman–Crippen LogP) is 4.46. The second kappa shape index (κ2) is 10.2. The van der Waals surface area contributed by atoms with Gasteiger partial charge in [0.15, 0.2) is 5.13 Å². The average molecular weight is 497 g/mol. The minimum Gasteiger partial charge on any atom is -0.298 e. The molecular formula is C22H29ClN4O3S2. The number of carbonyl (C=O) groups is 1. The number of piperidine rings is 2. The maximum absolute atomic E-state index is 13.1. The first-order valence-electron chi connectivity index (χ1n) is 11.1. The molecule has 0 radical (unpaired) electrons. The SMILES string of the molecule is CC1CCCN(Cc2csc(NC(=O)c3ccc(Cl)c(S(=O)(=O)N4CCCCC4)c3)n2)C1. The minimum absolute atomic E-state index is 0.0206. The summed E-state index contributed by atoms with van der Waals surface area (Å²) in [7, 11) is -3.74. The van der Waals surface area contributed by atoms with Crippen LogP contribution in [-0.4, -0.2) is 54.7 Å². The van der Waals surface area contributed by atoms with E-state index in [9.17, 15) is 13.2 Å². The van der Waals surface area contributed by atoms with Crippen molar-refractivity contribution in [3.05, 3.63) is 39.9 Å². The number of nitrogens with one attached hydrogen (secondary N) is 1. The molecule has 4 rings (SSSR count). The van der Waals surface area contributed by atoms with Crippen molar-refractivity contribution in [2.45, 2.75) is 50.5 Å². The summed E-state index contributed by atoms with van der Waals surface area (Å²) in [6, 6.07) is 4.37. The zero-order chi connectivity index (χ0) is 22.7. The van der Waals surface area contributed by atoms with Gasteiger partial charge >= 0.3 is 0 Å². The number of anilines is 1. The number of aromatic nitrogens is 1. The Bertz CT molecular complexity index is 1070. The largest absolute Gasteiger partial charge is 0.298 e. The van der Waals surface area contributed by atoms with Gasteiger partial charge in [0.25, 0.3) is 5.91 Å². The summed E-state index contributed by atoms with van der Waals surface area (Å²) in [4.78, 5) is 19.7. The Labute approximate surface area is 198 Å². The maximum atomic E-state index is 13.1. The number of hydrogen-bond donors (Lipinski definition) is 1. The lowest BCUT2D eigenvalue weighted by Gasteiger charge is -2.30. The Kier molecular flexibility index (Phi) is 7.51. The number of likely N-dealkylation sites (tertiary alicyclic amines) is 1. The van der Waals surface area contributed by atoms with E-state index in [-0.39, 0.29) is 15.5 Å². The van der Waals surface area contributed by atoms with E-state index < -0.39 is 15.9 Å². The van der Waals surface area contributed by atoms with Crippen LogP contribution in [0.5, 0.6) is 0 Å². The molecule has 0 bridgehead atoms. The smallest absolute Gasteiger partial charge is 0.257 e. The van der Waals surface area contributed by atoms with Crippen LogP contribution in [0.1, 0.15) is 55.1 Å². The fourth-order valence-electron chi connectivity index (χ4n) is 4.35. The molecule has 3 heterocycles. The van der Waals surface area contributed by atoms with Crippen LogP contribution < -0.4 is 5.32 Å². The van der Waals surface area contributed by atoms with Crippen LogP contribution in [0.4, 0.5) is 5.13 Å². The lowest BCUT2D eigenvalue weighted by atomic mass is 10.0. The van der Waals surface area contributed by atoms with Crippen LogP contribution in [0.25, 0.3) is 0 Å². The van der Waals surface area contributed by atoms with Crippen molar-refractivity contribution < 1.29 is 13.2 Å². The quantitative estimate of drug-likeness (QED) is 0.638. The van der Waals surface area contributed by atoms with E-state index >= 15 is 0 Å². The van der Waals surface area contributed by atoms with Gasteiger partial charge in [-0.2, -0.15) is 4.31 Å². The predicted molar refractivity (Wildman–Crippen MR) is 128 cm³/mol. The van der Waals surface area contributed by atoms with Gasteiger partial charge in [0.1, 0.15) is 4.90 Å². The standard InChI is InChI=1S/C22H29ClN4O3S2/c1-16-6-5-9-26(13-16)14-18-15-31-22(24-18)25-21(28)17-7-8-19(23)20(12-17)32(29,30)27-10-3-2-4-11-27/h7-8,12,15-16H,2-6,9-11,13-14H2,1H3,(H,24,25,28). The number of rotatable bonds is 6. The highest BCUT2D eigenvalue weighted by molar-refractivity contribution is 7.89. The van der Waals surface area contributed by atoms with E-state index in [0.29, 0.717) is 24.1 Å². The first kappa shape index (κ1) is 23.6. The van der Waals surface area contributed by atoms with Gasteiger partial charge in [-0.25, -0.2) is 13.4 Å². The number of nitrogens with zero attached hydrogens (tertiary/aromatic N) is 3. The van der Waals surface area contributed by atoms with Gasteiger partial charge < -0.3 is 0 Å². The average Bonchev–Trinajstić information content (AvgIpc) is 3.21. The Morgan fingerprint density at radius 2 is 2.00 bits per heavy atom. The number of hydrogen-bond acceptors (Lipinski definition) is 6. The number of carbonyl (C=O) groups excluding carboxylic acids is 1. The van der Waals surface area contributed by atoms with Crippen molar-refractivity contribution in [1.29, 1.82) is 0 Å². The van der Waals surface area contributed by atoms with Crippen LogP contribution in [0.3, 0.4) is 0 Å². The molecule has 32 heavy (non-hydrogen) atoms. The fraction of sp³-hybridized carbons (Fsp3) is 0.545.